The Labute approximate surface area is 121 Å². The number of amides is 1. The Morgan fingerprint density at radius 1 is 1.45 bits per heavy atom. The lowest BCUT2D eigenvalue weighted by molar-refractivity contribution is -0.132. The molecule has 0 radical (unpaired) electrons. The van der Waals surface area contributed by atoms with Gasteiger partial charge in [0.1, 0.15) is 6.10 Å². The molecule has 116 valence electrons. The van der Waals surface area contributed by atoms with Crippen molar-refractivity contribution in [2.75, 3.05) is 26.3 Å². The Morgan fingerprint density at radius 3 is 2.80 bits per heavy atom. The molecule has 0 aromatic rings. The van der Waals surface area contributed by atoms with Crippen molar-refractivity contribution < 1.29 is 14.3 Å². The standard InChI is InChI=1S/C15H28N2O3/c1-2-19-9-8-15(6-3-7-15)11-17-14(18)13-5-4-12(10-16)20-13/h12-13H,2-11,16H2,1H3,(H,17,18)/t12-,13+/m1/s1. The van der Waals surface area contributed by atoms with E-state index < -0.39 is 0 Å². The first kappa shape index (κ1) is 15.7. The molecule has 5 heteroatoms. The van der Waals surface area contributed by atoms with E-state index >= 15 is 0 Å². The summed E-state index contributed by atoms with van der Waals surface area (Å²) < 4.78 is 11.1. The molecule has 20 heavy (non-hydrogen) atoms. The van der Waals surface area contributed by atoms with Crippen LogP contribution in [-0.2, 0) is 14.3 Å². The molecule has 3 N–H and O–H groups in total. The van der Waals surface area contributed by atoms with E-state index in [1.165, 1.54) is 19.3 Å². The van der Waals surface area contributed by atoms with Crippen LogP contribution in [0.1, 0.15) is 45.4 Å². The third kappa shape index (κ3) is 3.93. The van der Waals surface area contributed by atoms with Crippen LogP contribution in [0.3, 0.4) is 0 Å². The number of carbonyl (C=O) groups excluding carboxylic acids is 1. The second-order valence-corrected chi connectivity index (χ2v) is 6.08. The molecule has 1 aliphatic heterocycles. The number of carbonyl (C=O) groups is 1. The molecule has 0 aromatic heterocycles. The second-order valence-electron chi connectivity index (χ2n) is 6.08. The quantitative estimate of drug-likeness (QED) is 0.657. The third-order valence-electron chi connectivity index (χ3n) is 4.70. The van der Waals surface area contributed by atoms with E-state index in [0.29, 0.717) is 6.54 Å². The van der Waals surface area contributed by atoms with Gasteiger partial charge in [-0.1, -0.05) is 6.42 Å². The van der Waals surface area contributed by atoms with E-state index in [1.807, 2.05) is 6.92 Å². The lowest BCUT2D eigenvalue weighted by Gasteiger charge is -2.42. The van der Waals surface area contributed by atoms with Gasteiger partial charge >= 0.3 is 0 Å². The number of nitrogens with one attached hydrogen (secondary N) is 1. The van der Waals surface area contributed by atoms with Gasteiger partial charge in [-0.3, -0.25) is 4.79 Å². The van der Waals surface area contributed by atoms with Crippen molar-refractivity contribution in [3.8, 4) is 0 Å². The molecular weight excluding hydrogens is 256 g/mol. The van der Waals surface area contributed by atoms with Crippen LogP contribution < -0.4 is 11.1 Å². The average molecular weight is 284 g/mol. The molecule has 2 fully saturated rings. The molecule has 1 saturated heterocycles. The summed E-state index contributed by atoms with van der Waals surface area (Å²) in [5, 5.41) is 3.08. The minimum Gasteiger partial charge on any atom is -0.382 e. The van der Waals surface area contributed by atoms with Crippen molar-refractivity contribution >= 4 is 5.91 Å². The summed E-state index contributed by atoms with van der Waals surface area (Å²) in [6.07, 6.45) is 6.13. The molecule has 2 aliphatic rings. The molecule has 1 aliphatic carbocycles. The topological polar surface area (TPSA) is 73.6 Å². The first-order chi connectivity index (χ1) is 9.69. The predicted molar refractivity (Wildman–Crippen MR) is 77.4 cm³/mol. The Bertz CT molecular complexity index is 318. The minimum absolute atomic E-state index is 0.0311. The highest BCUT2D eigenvalue weighted by atomic mass is 16.5. The van der Waals surface area contributed by atoms with E-state index in [-0.39, 0.29) is 23.5 Å². The van der Waals surface area contributed by atoms with E-state index in [4.69, 9.17) is 15.2 Å². The Hall–Kier alpha value is -0.650. The van der Waals surface area contributed by atoms with Crippen LogP contribution in [0.2, 0.25) is 0 Å². The van der Waals surface area contributed by atoms with E-state index in [2.05, 4.69) is 5.32 Å². The molecule has 0 bridgehead atoms. The zero-order valence-corrected chi connectivity index (χ0v) is 12.5. The maximum atomic E-state index is 12.1. The van der Waals surface area contributed by atoms with E-state index in [1.54, 1.807) is 0 Å². The van der Waals surface area contributed by atoms with Gasteiger partial charge in [0.25, 0.3) is 0 Å². The zero-order valence-electron chi connectivity index (χ0n) is 12.5. The molecule has 1 amide bonds. The normalized spacial score (nSPS) is 28.1. The van der Waals surface area contributed by atoms with Crippen LogP contribution in [0.5, 0.6) is 0 Å². The average Bonchev–Trinajstić information content (AvgIpc) is 2.89. The molecule has 5 nitrogen and oxygen atoms in total. The van der Waals surface area contributed by atoms with Gasteiger partial charge in [0.2, 0.25) is 5.91 Å². The molecule has 1 saturated carbocycles. The summed E-state index contributed by atoms with van der Waals surface area (Å²) in [6.45, 7) is 4.83. The van der Waals surface area contributed by atoms with Crippen LogP contribution in [0.15, 0.2) is 0 Å². The molecule has 0 spiro atoms. The van der Waals surface area contributed by atoms with Crippen molar-refractivity contribution in [3.63, 3.8) is 0 Å². The molecular formula is C15H28N2O3. The number of hydrogen-bond acceptors (Lipinski definition) is 4. The molecule has 1 heterocycles. The van der Waals surface area contributed by atoms with Gasteiger partial charge in [-0.25, -0.2) is 0 Å². The first-order valence-electron chi connectivity index (χ1n) is 7.90. The van der Waals surface area contributed by atoms with E-state index in [9.17, 15) is 4.79 Å². The smallest absolute Gasteiger partial charge is 0.249 e. The van der Waals surface area contributed by atoms with Gasteiger partial charge in [-0.2, -0.15) is 0 Å². The molecule has 0 aromatic carbocycles. The summed E-state index contributed by atoms with van der Waals surface area (Å²) in [5.41, 5.74) is 5.83. The summed E-state index contributed by atoms with van der Waals surface area (Å²) in [5.74, 6) is 0.0311. The number of nitrogens with two attached hydrogens (primary N) is 1. The summed E-state index contributed by atoms with van der Waals surface area (Å²) in [6, 6.07) is 0. The summed E-state index contributed by atoms with van der Waals surface area (Å²) in [4.78, 5) is 12.1. The van der Waals surface area contributed by atoms with Gasteiger partial charge in [0, 0.05) is 26.3 Å². The first-order valence-corrected chi connectivity index (χ1v) is 7.90. The maximum absolute atomic E-state index is 12.1. The summed E-state index contributed by atoms with van der Waals surface area (Å²) in [7, 11) is 0. The SMILES string of the molecule is CCOCCC1(CNC(=O)[C@@H]2CC[C@H](CN)O2)CCC1. The minimum atomic E-state index is -0.299. The highest BCUT2D eigenvalue weighted by Gasteiger charge is 2.38. The van der Waals surface area contributed by atoms with Crippen LogP contribution in [0.25, 0.3) is 0 Å². The summed E-state index contributed by atoms with van der Waals surface area (Å²) >= 11 is 0. The number of ether oxygens (including phenoxy) is 2. The van der Waals surface area contributed by atoms with Gasteiger partial charge in [-0.05, 0) is 44.4 Å². The van der Waals surface area contributed by atoms with Crippen molar-refractivity contribution in [2.45, 2.75) is 57.7 Å². The molecule has 2 rings (SSSR count). The van der Waals surface area contributed by atoms with Crippen LogP contribution in [0.4, 0.5) is 0 Å². The lowest BCUT2D eigenvalue weighted by atomic mass is 9.66. The maximum Gasteiger partial charge on any atom is 0.249 e. The number of hydrogen-bond donors (Lipinski definition) is 2. The van der Waals surface area contributed by atoms with Crippen molar-refractivity contribution in [1.29, 1.82) is 0 Å². The van der Waals surface area contributed by atoms with Crippen LogP contribution in [-0.4, -0.2) is 44.4 Å². The zero-order chi connectivity index (χ0) is 14.4. The van der Waals surface area contributed by atoms with Gasteiger partial charge in [0.15, 0.2) is 0 Å². The third-order valence-corrected chi connectivity index (χ3v) is 4.70. The molecule has 0 unspecified atom stereocenters. The van der Waals surface area contributed by atoms with Crippen molar-refractivity contribution in [2.24, 2.45) is 11.1 Å². The van der Waals surface area contributed by atoms with Gasteiger partial charge in [-0.15, -0.1) is 0 Å². The monoisotopic (exact) mass is 284 g/mol. The van der Waals surface area contributed by atoms with Crippen molar-refractivity contribution in [1.82, 2.24) is 5.32 Å². The highest BCUT2D eigenvalue weighted by molar-refractivity contribution is 5.81. The van der Waals surface area contributed by atoms with Crippen LogP contribution in [0, 0.1) is 5.41 Å². The van der Waals surface area contributed by atoms with Crippen LogP contribution >= 0.6 is 0 Å². The van der Waals surface area contributed by atoms with Gasteiger partial charge in [0.05, 0.1) is 6.10 Å². The van der Waals surface area contributed by atoms with E-state index in [0.717, 1.165) is 39.0 Å². The predicted octanol–water partition coefficient (Wildman–Crippen LogP) is 1.21. The number of rotatable bonds is 8. The van der Waals surface area contributed by atoms with Gasteiger partial charge < -0.3 is 20.5 Å². The Morgan fingerprint density at radius 2 is 2.25 bits per heavy atom. The second kappa shape index (κ2) is 7.38. The Kier molecular flexibility index (Phi) is 5.81. The highest BCUT2D eigenvalue weighted by Crippen LogP contribution is 2.43. The molecule has 2 atom stereocenters. The lowest BCUT2D eigenvalue weighted by Crippen LogP contribution is -2.46. The van der Waals surface area contributed by atoms with Crippen molar-refractivity contribution in [3.05, 3.63) is 0 Å². The fourth-order valence-electron chi connectivity index (χ4n) is 3.09. The largest absolute Gasteiger partial charge is 0.382 e. The fourth-order valence-corrected chi connectivity index (χ4v) is 3.09. The fraction of sp³-hybridized carbons (Fsp3) is 0.933. The Balaban J connectivity index is 1.71.